The van der Waals surface area contributed by atoms with Crippen molar-refractivity contribution >= 4 is 0 Å². The summed E-state index contributed by atoms with van der Waals surface area (Å²) in [6.07, 6.45) is 1.72. The van der Waals surface area contributed by atoms with E-state index in [9.17, 15) is 5.11 Å². The van der Waals surface area contributed by atoms with E-state index in [1.807, 2.05) is 19.1 Å². The molecule has 0 aliphatic carbocycles. The van der Waals surface area contributed by atoms with Gasteiger partial charge in [0.25, 0.3) is 0 Å². The maximum absolute atomic E-state index is 9.50. The summed E-state index contributed by atoms with van der Waals surface area (Å²) >= 11 is 0. The van der Waals surface area contributed by atoms with Crippen molar-refractivity contribution in [1.29, 1.82) is 0 Å². The lowest BCUT2D eigenvalue weighted by molar-refractivity contribution is 0.368. The molecule has 0 radical (unpaired) electrons. The first-order chi connectivity index (χ1) is 6.65. The van der Waals surface area contributed by atoms with Crippen LogP contribution in [0.3, 0.4) is 0 Å². The van der Waals surface area contributed by atoms with E-state index in [0.29, 0.717) is 5.75 Å². The quantitative estimate of drug-likeness (QED) is 0.768. The second-order valence-corrected chi connectivity index (χ2v) is 3.49. The van der Waals surface area contributed by atoms with Crippen LogP contribution in [0.25, 0.3) is 0 Å². The van der Waals surface area contributed by atoms with E-state index in [1.54, 1.807) is 13.2 Å². The van der Waals surface area contributed by atoms with Gasteiger partial charge >= 0.3 is 0 Å². The van der Waals surface area contributed by atoms with Crippen LogP contribution in [0.5, 0.6) is 11.5 Å². The van der Waals surface area contributed by atoms with Crippen molar-refractivity contribution in [3.63, 3.8) is 0 Å². The molecule has 1 aromatic rings. The molecule has 0 aliphatic heterocycles. The van der Waals surface area contributed by atoms with E-state index in [4.69, 9.17) is 10.5 Å². The third-order valence-corrected chi connectivity index (χ3v) is 2.15. The van der Waals surface area contributed by atoms with E-state index in [0.717, 1.165) is 18.4 Å². The van der Waals surface area contributed by atoms with Crippen molar-refractivity contribution in [3.05, 3.63) is 23.8 Å². The fourth-order valence-corrected chi connectivity index (χ4v) is 1.39. The summed E-state index contributed by atoms with van der Waals surface area (Å²) < 4.78 is 5.12. The van der Waals surface area contributed by atoms with Crippen LogP contribution < -0.4 is 10.5 Å². The van der Waals surface area contributed by atoms with Gasteiger partial charge in [0.05, 0.1) is 7.11 Å². The Balaban J connectivity index is 2.80. The van der Waals surface area contributed by atoms with Crippen LogP contribution in [-0.2, 0) is 6.42 Å². The zero-order valence-electron chi connectivity index (χ0n) is 8.66. The molecule has 1 atom stereocenters. The monoisotopic (exact) mass is 195 g/mol. The average Bonchev–Trinajstić information content (AvgIpc) is 2.14. The molecule has 0 aliphatic rings. The number of aromatic hydroxyl groups is 1. The number of rotatable bonds is 4. The number of ether oxygens (including phenoxy) is 1. The Morgan fingerprint density at radius 1 is 1.50 bits per heavy atom. The van der Waals surface area contributed by atoms with Crippen molar-refractivity contribution in [2.24, 2.45) is 5.73 Å². The molecular formula is C11H17NO2. The van der Waals surface area contributed by atoms with Crippen LogP contribution in [0.4, 0.5) is 0 Å². The van der Waals surface area contributed by atoms with E-state index in [-0.39, 0.29) is 11.8 Å². The fraction of sp³-hybridized carbons (Fsp3) is 0.455. The minimum Gasteiger partial charge on any atom is -0.504 e. The molecule has 0 heterocycles. The molecule has 3 N–H and O–H groups in total. The minimum absolute atomic E-state index is 0.169. The fourth-order valence-electron chi connectivity index (χ4n) is 1.39. The van der Waals surface area contributed by atoms with Crippen LogP contribution in [0.15, 0.2) is 18.2 Å². The molecule has 0 fully saturated rings. The lowest BCUT2D eigenvalue weighted by Gasteiger charge is -2.10. The lowest BCUT2D eigenvalue weighted by atomic mass is 10.1. The molecular weight excluding hydrogens is 178 g/mol. The summed E-state index contributed by atoms with van der Waals surface area (Å²) in [5.74, 6) is 0.753. The van der Waals surface area contributed by atoms with Gasteiger partial charge in [0, 0.05) is 6.04 Å². The SMILES string of the molecule is COc1c(O)cccc1CCC(C)N. The van der Waals surface area contributed by atoms with Crippen molar-refractivity contribution in [2.45, 2.75) is 25.8 Å². The number of nitrogens with two attached hydrogens (primary N) is 1. The zero-order chi connectivity index (χ0) is 10.6. The normalized spacial score (nSPS) is 12.5. The highest BCUT2D eigenvalue weighted by Gasteiger charge is 2.07. The lowest BCUT2D eigenvalue weighted by Crippen LogP contribution is -2.15. The molecule has 0 aromatic heterocycles. The first-order valence-electron chi connectivity index (χ1n) is 4.75. The Labute approximate surface area is 84.5 Å². The van der Waals surface area contributed by atoms with Gasteiger partial charge in [-0.05, 0) is 31.4 Å². The van der Waals surface area contributed by atoms with Crippen molar-refractivity contribution in [3.8, 4) is 11.5 Å². The van der Waals surface area contributed by atoms with Gasteiger partial charge < -0.3 is 15.6 Å². The highest BCUT2D eigenvalue weighted by atomic mass is 16.5. The molecule has 0 bridgehead atoms. The maximum atomic E-state index is 9.50. The second-order valence-electron chi connectivity index (χ2n) is 3.49. The number of aryl methyl sites for hydroxylation is 1. The minimum atomic E-state index is 0.169. The van der Waals surface area contributed by atoms with Crippen LogP contribution in [-0.4, -0.2) is 18.3 Å². The van der Waals surface area contributed by atoms with E-state index in [1.165, 1.54) is 0 Å². The van der Waals surface area contributed by atoms with Crippen molar-refractivity contribution < 1.29 is 9.84 Å². The highest BCUT2D eigenvalue weighted by molar-refractivity contribution is 5.45. The number of hydrogen-bond acceptors (Lipinski definition) is 3. The number of para-hydroxylation sites is 1. The first kappa shape index (κ1) is 10.9. The number of benzene rings is 1. The summed E-state index contributed by atoms with van der Waals surface area (Å²) in [7, 11) is 1.56. The average molecular weight is 195 g/mol. The highest BCUT2D eigenvalue weighted by Crippen LogP contribution is 2.30. The van der Waals surface area contributed by atoms with Gasteiger partial charge in [0.15, 0.2) is 11.5 Å². The van der Waals surface area contributed by atoms with Gasteiger partial charge in [-0.1, -0.05) is 12.1 Å². The van der Waals surface area contributed by atoms with Crippen LogP contribution in [0, 0.1) is 0 Å². The Bertz CT molecular complexity index is 297. The maximum Gasteiger partial charge on any atom is 0.163 e. The molecule has 78 valence electrons. The Morgan fingerprint density at radius 3 is 2.79 bits per heavy atom. The molecule has 14 heavy (non-hydrogen) atoms. The number of hydrogen-bond donors (Lipinski definition) is 2. The van der Waals surface area contributed by atoms with E-state index in [2.05, 4.69) is 0 Å². The molecule has 0 saturated heterocycles. The summed E-state index contributed by atoms with van der Waals surface area (Å²) in [5.41, 5.74) is 6.67. The van der Waals surface area contributed by atoms with E-state index >= 15 is 0 Å². The molecule has 0 saturated carbocycles. The van der Waals surface area contributed by atoms with Crippen molar-refractivity contribution in [2.75, 3.05) is 7.11 Å². The van der Waals surface area contributed by atoms with Gasteiger partial charge in [-0.2, -0.15) is 0 Å². The van der Waals surface area contributed by atoms with Gasteiger partial charge in [-0.25, -0.2) is 0 Å². The predicted molar refractivity (Wildman–Crippen MR) is 56.6 cm³/mol. The number of phenolic OH excluding ortho intramolecular Hbond substituents is 1. The molecule has 1 rings (SSSR count). The number of methoxy groups -OCH3 is 1. The van der Waals surface area contributed by atoms with Gasteiger partial charge in [0.2, 0.25) is 0 Å². The van der Waals surface area contributed by atoms with Gasteiger partial charge in [0.1, 0.15) is 0 Å². The molecule has 3 heteroatoms. The summed E-state index contributed by atoms with van der Waals surface area (Å²) in [6, 6.07) is 5.55. The van der Waals surface area contributed by atoms with Crippen LogP contribution >= 0.6 is 0 Å². The summed E-state index contributed by atoms with van der Waals surface area (Å²) in [4.78, 5) is 0. The van der Waals surface area contributed by atoms with Crippen LogP contribution in [0.1, 0.15) is 18.9 Å². The van der Waals surface area contributed by atoms with Gasteiger partial charge in [-0.15, -0.1) is 0 Å². The number of phenols is 1. The smallest absolute Gasteiger partial charge is 0.163 e. The largest absolute Gasteiger partial charge is 0.504 e. The van der Waals surface area contributed by atoms with Crippen LogP contribution in [0.2, 0.25) is 0 Å². The third-order valence-electron chi connectivity index (χ3n) is 2.15. The standard InChI is InChI=1S/C11H17NO2/c1-8(12)6-7-9-4-3-5-10(13)11(9)14-2/h3-5,8,13H,6-7,12H2,1-2H3. The second kappa shape index (κ2) is 4.86. The predicted octanol–water partition coefficient (Wildman–Crippen LogP) is 1.68. The molecule has 1 aromatic carbocycles. The molecule has 3 nitrogen and oxygen atoms in total. The van der Waals surface area contributed by atoms with E-state index < -0.39 is 0 Å². The molecule has 1 unspecified atom stereocenters. The molecule has 0 spiro atoms. The Morgan fingerprint density at radius 2 is 2.21 bits per heavy atom. The topological polar surface area (TPSA) is 55.5 Å². The third kappa shape index (κ3) is 2.64. The Kier molecular flexibility index (Phi) is 3.77. The Hall–Kier alpha value is -1.22. The first-order valence-corrected chi connectivity index (χ1v) is 4.75. The summed E-state index contributed by atoms with van der Waals surface area (Å²) in [5, 5.41) is 9.50. The van der Waals surface area contributed by atoms with Gasteiger partial charge in [-0.3, -0.25) is 0 Å². The van der Waals surface area contributed by atoms with Crippen molar-refractivity contribution in [1.82, 2.24) is 0 Å². The zero-order valence-corrected chi connectivity index (χ0v) is 8.66. The molecule has 0 amide bonds. The summed E-state index contributed by atoms with van der Waals surface area (Å²) in [6.45, 7) is 1.97.